The van der Waals surface area contributed by atoms with E-state index in [9.17, 15) is 4.79 Å². The third-order valence-electron chi connectivity index (χ3n) is 1.99. The largest absolute Gasteiger partial charge is 0.304 e. The molecule has 2 atom stereocenters. The molecule has 0 bridgehead atoms. The van der Waals surface area contributed by atoms with Gasteiger partial charge in [-0.1, -0.05) is 0 Å². The maximum Gasteiger partial charge on any atom is 0.263 e. The number of hydroxylamine groups is 1. The first-order valence-electron chi connectivity index (χ1n) is 3.57. The second-order valence-corrected chi connectivity index (χ2v) is 2.70. The summed E-state index contributed by atoms with van der Waals surface area (Å²) in [5.74, 6) is -0.0234. The molecule has 4 heteroatoms. The third-order valence-corrected chi connectivity index (χ3v) is 1.99. The summed E-state index contributed by atoms with van der Waals surface area (Å²) in [4.78, 5) is 15.9. The number of carbonyl (C=O) groups is 1. The van der Waals surface area contributed by atoms with Gasteiger partial charge in [0.15, 0.2) is 0 Å². The highest BCUT2D eigenvalue weighted by Gasteiger charge is 2.37. The van der Waals surface area contributed by atoms with Crippen molar-refractivity contribution in [1.29, 1.82) is 0 Å². The number of fused-ring (bicyclic) bond motifs is 1. The number of carbonyl (C=O) groups excluding carboxylic acids is 1. The van der Waals surface area contributed by atoms with Crippen LogP contribution in [0.1, 0.15) is 12.8 Å². The Hall–Kier alpha value is -0.610. The van der Waals surface area contributed by atoms with Gasteiger partial charge in [0, 0.05) is 0 Å². The molecular weight excluding hydrogens is 132 g/mol. The second-order valence-electron chi connectivity index (χ2n) is 2.70. The fourth-order valence-corrected chi connectivity index (χ4v) is 1.44. The van der Waals surface area contributed by atoms with E-state index in [2.05, 4.69) is 10.8 Å². The summed E-state index contributed by atoms with van der Waals surface area (Å²) in [6.07, 6.45) is 2.15. The molecule has 2 aliphatic rings. The minimum atomic E-state index is -0.0891. The summed E-state index contributed by atoms with van der Waals surface area (Å²) in [5.41, 5.74) is 2.36. The molecule has 2 N–H and O–H groups in total. The van der Waals surface area contributed by atoms with Crippen molar-refractivity contribution < 1.29 is 9.63 Å². The van der Waals surface area contributed by atoms with Gasteiger partial charge in [-0.15, -0.1) is 0 Å². The van der Waals surface area contributed by atoms with Crippen LogP contribution in [0.2, 0.25) is 0 Å². The van der Waals surface area contributed by atoms with Gasteiger partial charge in [-0.05, 0) is 19.4 Å². The van der Waals surface area contributed by atoms with E-state index in [1.165, 1.54) is 0 Å². The number of hydrogen-bond donors (Lipinski definition) is 2. The van der Waals surface area contributed by atoms with Gasteiger partial charge in [0.1, 0.15) is 12.1 Å². The molecule has 0 aliphatic carbocycles. The molecule has 0 aromatic rings. The molecule has 0 aromatic carbocycles. The Morgan fingerprint density at radius 1 is 1.60 bits per heavy atom. The van der Waals surface area contributed by atoms with Crippen molar-refractivity contribution in [3.8, 4) is 0 Å². The first-order valence-corrected chi connectivity index (χ1v) is 3.57. The quantitative estimate of drug-likeness (QED) is 0.464. The third kappa shape index (κ3) is 0.803. The zero-order valence-corrected chi connectivity index (χ0v) is 5.59. The van der Waals surface area contributed by atoms with Gasteiger partial charge >= 0.3 is 0 Å². The molecule has 2 heterocycles. The number of piperidine rings is 1. The Morgan fingerprint density at radius 3 is 3.30 bits per heavy atom. The summed E-state index contributed by atoms with van der Waals surface area (Å²) < 4.78 is 0. The molecular formula is C6H10N2O2. The minimum absolute atomic E-state index is 0.0234. The van der Waals surface area contributed by atoms with Crippen molar-refractivity contribution in [3.63, 3.8) is 0 Å². The van der Waals surface area contributed by atoms with Crippen LogP contribution >= 0.6 is 0 Å². The van der Waals surface area contributed by atoms with Crippen LogP contribution in [0.5, 0.6) is 0 Å². The van der Waals surface area contributed by atoms with Crippen LogP contribution in [0.25, 0.3) is 0 Å². The topological polar surface area (TPSA) is 50.4 Å². The molecule has 0 aromatic heterocycles. The molecule has 0 saturated carbocycles. The molecule has 2 saturated heterocycles. The van der Waals surface area contributed by atoms with Gasteiger partial charge in [-0.25, -0.2) is 5.48 Å². The van der Waals surface area contributed by atoms with Crippen LogP contribution in [0.15, 0.2) is 0 Å². The minimum Gasteiger partial charge on any atom is -0.304 e. The molecule has 2 unspecified atom stereocenters. The predicted octanol–water partition coefficient (Wildman–Crippen LogP) is -0.832. The standard InChI is InChI=1S/C6H10N2O2/c9-6-5-4(10-8-6)2-1-3-7-5/h4-5,7H,1-3H2,(H,8,9). The maximum absolute atomic E-state index is 10.9. The van der Waals surface area contributed by atoms with Crippen LogP contribution < -0.4 is 10.8 Å². The lowest BCUT2D eigenvalue weighted by molar-refractivity contribution is -0.125. The monoisotopic (exact) mass is 142 g/mol. The SMILES string of the molecule is O=C1NOC2CCCNC12. The van der Waals surface area contributed by atoms with Gasteiger partial charge in [0.25, 0.3) is 5.91 Å². The molecule has 0 radical (unpaired) electrons. The van der Waals surface area contributed by atoms with Crippen LogP contribution in [0, 0.1) is 0 Å². The van der Waals surface area contributed by atoms with Gasteiger partial charge < -0.3 is 5.32 Å². The first-order chi connectivity index (χ1) is 4.88. The molecule has 4 nitrogen and oxygen atoms in total. The molecule has 2 rings (SSSR count). The Bertz CT molecular complexity index is 160. The average molecular weight is 142 g/mol. The van der Waals surface area contributed by atoms with Crippen molar-refractivity contribution in [3.05, 3.63) is 0 Å². The lowest BCUT2D eigenvalue weighted by Crippen LogP contribution is -2.46. The smallest absolute Gasteiger partial charge is 0.263 e. The highest BCUT2D eigenvalue weighted by molar-refractivity contribution is 5.83. The van der Waals surface area contributed by atoms with Crippen molar-refractivity contribution in [1.82, 2.24) is 10.8 Å². The van der Waals surface area contributed by atoms with E-state index < -0.39 is 0 Å². The van der Waals surface area contributed by atoms with E-state index in [1.807, 2.05) is 0 Å². The second kappa shape index (κ2) is 2.21. The summed E-state index contributed by atoms with van der Waals surface area (Å²) in [7, 11) is 0. The predicted molar refractivity (Wildman–Crippen MR) is 34.0 cm³/mol. The van der Waals surface area contributed by atoms with Crippen molar-refractivity contribution in [2.24, 2.45) is 0 Å². The van der Waals surface area contributed by atoms with E-state index >= 15 is 0 Å². The van der Waals surface area contributed by atoms with E-state index in [1.54, 1.807) is 0 Å². The molecule has 2 aliphatic heterocycles. The van der Waals surface area contributed by atoms with E-state index in [0.717, 1.165) is 19.4 Å². The van der Waals surface area contributed by atoms with E-state index in [4.69, 9.17) is 4.84 Å². The lowest BCUT2D eigenvalue weighted by atomic mass is 10.0. The summed E-state index contributed by atoms with van der Waals surface area (Å²) in [6.45, 7) is 0.929. The van der Waals surface area contributed by atoms with Gasteiger partial charge in [-0.2, -0.15) is 0 Å². The number of rotatable bonds is 0. The van der Waals surface area contributed by atoms with Crippen LogP contribution in [0.4, 0.5) is 0 Å². The Labute approximate surface area is 58.9 Å². The number of nitrogens with one attached hydrogen (secondary N) is 2. The molecule has 2 fully saturated rings. The van der Waals surface area contributed by atoms with Crippen LogP contribution in [-0.4, -0.2) is 24.6 Å². The van der Waals surface area contributed by atoms with Gasteiger partial charge in [0.05, 0.1) is 0 Å². The lowest BCUT2D eigenvalue weighted by Gasteiger charge is -2.21. The fraction of sp³-hybridized carbons (Fsp3) is 0.833. The van der Waals surface area contributed by atoms with Crippen LogP contribution in [0.3, 0.4) is 0 Å². The Morgan fingerprint density at radius 2 is 2.50 bits per heavy atom. The zero-order valence-electron chi connectivity index (χ0n) is 5.59. The maximum atomic E-state index is 10.9. The normalized spacial score (nSPS) is 39.0. The fourth-order valence-electron chi connectivity index (χ4n) is 1.44. The van der Waals surface area contributed by atoms with Crippen molar-refractivity contribution >= 4 is 5.91 Å². The zero-order chi connectivity index (χ0) is 6.97. The highest BCUT2D eigenvalue weighted by atomic mass is 16.7. The summed E-state index contributed by atoms with van der Waals surface area (Å²) in [5, 5.41) is 3.09. The molecule has 56 valence electrons. The molecule has 0 spiro atoms. The van der Waals surface area contributed by atoms with Crippen molar-refractivity contribution in [2.45, 2.75) is 25.0 Å². The van der Waals surface area contributed by atoms with E-state index in [-0.39, 0.29) is 18.1 Å². The van der Waals surface area contributed by atoms with Crippen molar-refractivity contribution in [2.75, 3.05) is 6.54 Å². The molecule has 1 amide bonds. The highest BCUT2D eigenvalue weighted by Crippen LogP contribution is 2.15. The van der Waals surface area contributed by atoms with Crippen LogP contribution in [-0.2, 0) is 9.63 Å². The van der Waals surface area contributed by atoms with Gasteiger partial charge in [0.2, 0.25) is 0 Å². The van der Waals surface area contributed by atoms with Gasteiger partial charge in [-0.3, -0.25) is 9.63 Å². The first kappa shape index (κ1) is 6.12. The Kier molecular flexibility index (Phi) is 1.35. The number of hydrogen-bond acceptors (Lipinski definition) is 3. The Balaban J connectivity index is 2.08. The average Bonchev–Trinajstić information content (AvgIpc) is 2.34. The van der Waals surface area contributed by atoms with E-state index in [0.29, 0.717) is 0 Å². The molecule has 10 heavy (non-hydrogen) atoms. The summed E-state index contributed by atoms with van der Waals surface area (Å²) >= 11 is 0. The summed E-state index contributed by atoms with van der Waals surface area (Å²) in [6, 6.07) is -0.0891. The number of amides is 1.